The van der Waals surface area contributed by atoms with Crippen LogP contribution in [0, 0.1) is 17.8 Å². The van der Waals surface area contributed by atoms with Crippen molar-refractivity contribution in [2.75, 3.05) is 13.2 Å². The first-order valence-electron chi connectivity index (χ1n) is 14.5. The number of amides is 2. The summed E-state index contributed by atoms with van der Waals surface area (Å²) < 4.78 is 77.0. The Morgan fingerprint density at radius 1 is 1.26 bits per heavy atom. The lowest BCUT2D eigenvalue weighted by Gasteiger charge is -2.33. The van der Waals surface area contributed by atoms with Crippen molar-refractivity contribution in [3.63, 3.8) is 0 Å². The zero-order valence-corrected chi connectivity index (χ0v) is 23.8. The summed E-state index contributed by atoms with van der Waals surface area (Å²) in [6.45, 7) is 3.81. The Morgan fingerprint density at radius 3 is 2.67 bits per heavy atom. The molecule has 2 aliphatic rings. The van der Waals surface area contributed by atoms with Gasteiger partial charge in [-0.1, -0.05) is 0 Å². The second-order valence-corrected chi connectivity index (χ2v) is 11.2. The number of aryl methyl sites for hydroxylation is 1. The first-order chi connectivity index (χ1) is 20.4. The average molecular weight is 612 g/mol. The van der Waals surface area contributed by atoms with Gasteiger partial charge in [-0.25, -0.2) is 18.3 Å². The Morgan fingerprint density at radius 2 is 2.00 bits per heavy atom. The van der Waals surface area contributed by atoms with Gasteiger partial charge in [0.15, 0.2) is 5.65 Å². The molecule has 0 bridgehead atoms. The fraction of sp³-hybridized carbons (Fsp3) is 0.607. The lowest BCUT2D eigenvalue weighted by Crippen LogP contribution is -2.47. The minimum atomic E-state index is -4.44. The third-order valence-corrected chi connectivity index (χ3v) is 8.26. The molecule has 0 aromatic carbocycles. The molecule has 5 rings (SSSR count). The monoisotopic (exact) mass is 611 g/mol. The highest BCUT2D eigenvalue weighted by molar-refractivity contribution is 5.92. The summed E-state index contributed by atoms with van der Waals surface area (Å²) in [5.41, 5.74) is 1.33. The molecule has 1 aliphatic heterocycles. The molecule has 2 fully saturated rings. The fourth-order valence-corrected chi connectivity index (χ4v) is 5.92. The lowest BCUT2D eigenvalue weighted by molar-refractivity contribution is -0.183. The Balaban J connectivity index is 1.47. The van der Waals surface area contributed by atoms with E-state index in [1.54, 1.807) is 25.3 Å². The zero-order chi connectivity index (χ0) is 30.9. The van der Waals surface area contributed by atoms with E-state index in [1.807, 2.05) is 6.92 Å². The summed E-state index contributed by atoms with van der Waals surface area (Å²) in [5, 5.41) is 14.0. The third kappa shape index (κ3) is 6.74. The van der Waals surface area contributed by atoms with Gasteiger partial charge in [-0.15, -0.1) is 0 Å². The molecule has 234 valence electrons. The molecular formula is C28H34F5N7O3. The van der Waals surface area contributed by atoms with Gasteiger partial charge >= 0.3 is 6.18 Å². The summed E-state index contributed by atoms with van der Waals surface area (Å²) in [7, 11) is 0. The van der Waals surface area contributed by atoms with Crippen LogP contribution in [0.2, 0.25) is 0 Å². The van der Waals surface area contributed by atoms with E-state index < -0.39 is 48.3 Å². The second kappa shape index (κ2) is 12.1. The highest BCUT2D eigenvalue weighted by atomic mass is 19.4. The van der Waals surface area contributed by atoms with E-state index in [2.05, 4.69) is 25.8 Å². The first-order valence-corrected chi connectivity index (χ1v) is 14.5. The largest absolute Gasteiger partial charge is 0.492 e. The molecule has 15 heteroatoms. The van der Waals surface area contributed by atoms with E-state index >= 15 is 0 Å². The van der Waals surface area contributed by atoms with Gasteiger partial charge in [-0.3, -0.25) is 14.3 Å². The van der Waals surface area contributed by atoms with Crippen LogP contribution in [-0.2, 0) is 17.8 Å². The lowest BCUT2D eigenvalue weighted by atomic mass is 9.81. The molecule has 2 amide bonds. The normalized spacial score (nSPS) is 21.9. The topological polar surface area (TPSA) is 115 Å². The number of rotatable bonds is 9. The molecule has 1 unspecified atom stereocenters. The Labute approximate surface area is 244 Å². The van der Waals surface area contributed by atoms with Gasteiger partial charge in [-0.05, 0) is 45.1 Å². The highest BCUT2D eigenvalue weighted by Crippen LogP contribution is 2.42. The van der Waals surface area contributed by atoms with Crippen LogP contribution in [0.5, 0.6) is 5.75 Å². The molecule has 1 aliphatic carbocycles. The van der Waals surface area contributed by atoms with Gasteiger partial charge in [0, 0.05) is 50.5 Å². The maximum atomic E-state index is 14.0. The van der Waals surface area contributed by atoms with Gasteiger partial charge < -0.3 is 15.4 Å². The quantitative estimate of drug-likeness (QED) is 0.345. The Bertz CT molecular complexity index is 1460. The summed E-state index contributed by atoms with van der Waals surface area (Å²) >= 11 is 0. The number of carbonyl (C=O) groups excluding carboxylic acids is 2. The van der Waals surface area contributed by atoms with Gasteiger partial charge in [-0.2, -0.15) is 23.4 Å². The number of ether oxygens (including phenoxy) is 1. The van der Waals surface area contributed by atoms with Gasteiger partial charge in [0.25, 0.3) is 5.91 Å². The summed E-state index contributed by atoms with van der Waals surface area (Å²) in [4.78, 5) is 30.4. The standard InChI is InChI=1S/C28H34F5N7O3/c1-3-39-21(7-10-35-39)26(42)37-24(16-5-8-27(29,30)9-6-16)20-15-40-23(36-20)13-22(43-4-2)19(38-40)12-17-11-18(28(31,32)33)14-34-25(17)41/h7,10,13,15-18,24H,3-6,8-9,11-12,14H2,1-2H3,(H,34,41)(H,37,42)/t17?,18-,24+/m1/s1. The van der Waals surface area contributed by atoms with E-state index in [4.69, 9.17) is 4.74 Å². The molecule has 3 aromatic heterocycles. The number of nitrogens with zero attached hydrogens (tertiary/aromatic N) is 5. The molecule has 2 N–H and O–H groups in total. The number of hydrogen-bond acceptors (Lipinski definition) is 6. The van der Waals surface area contributed by atoms with Crippen LogP contribution in [0.3, 0.4) is 0 Å². The predicted octanol–water partition coefficient (Wildman–Crippen LogP) is 4.50. The minimum Gasteiger partial charge on any atom is -0.492 e. The predicted molar refractivity (Wildman–Crippen MR) is 144 cm³/mol. The van der Waals surface area contributed by atoms with E-state index in [0.29, 0.717) is 23.6 Å². The SMILES string of the molecule is CCOc1cc2nc([C@@H](NC(=O)c3ccnn3CC)C3CCC(F)(F)CC3)cn2nc1CC1C[C@@H](C(F)(F)F)CNC1=O. The smallest absolute Gasteiger partial charge is 0.393 e. The minimum absolute atomic E-state index is 0.0872. The van der Waals surface area contributed by atoms with Crippen molar-refractivity contribution in [1.82, 2.24) is 35.0 Å². The number of imidazole rings is 1. The van der Waals surface area contributed by atoms with Gasteiger partial charge in [0.05, 0.1) is 30.5 Å². The van der Waals surface area contributed by atoms with E-state index in [1.165, 1.54) is 15.4 Å². The van der Waals surface area contributed by atoms with Crippen LogP contribution in [0.4, 0.5) is 22.0 Å². The maximum absolute atomic E-state index is 14.0. The molecule has 1 saturated heterocycles. The van der Waals surface area contributed by atoms with Crippen molar-refractivity contribution < 1.29 is 36.3 Å². The molecule has 3 aromatic rings. The van der Waals surface area contributed by atoms with Crippen LogP contribution < -0.4 is 15.4 Å². The molecule has 4 heterocycles. The van der Waals surface area contributed by atoms with Crippen LogP contribution in [-0.4, -0.2) is 61.4 Å². The second-order valence-electron chi connectivity index (χ2n) is 11.2. The molecule has 1 saturated carbocycles. The molecule has 43 heavy (non-hydrogen) atoms. The van der Waals surface area contributed by atoms with Gasteiger partial charge in [0.2, 0.25) is 11.8 Å². The molecule has 3 atom stereocenters. The van der Waals surface area contributed by atoms with Crippen LogP contribution >= 0.6 is 0 Å². The van der Waals surface area contributed by atoms with Crippen LogP contribution in [0.15, 0.2) is 24.5 Å². The Hall–Kier alpha value is -3.78. The number of halogens is 5. The molecule has 10 nitrogen and oxygen atoms in total. The summed E-state index contributed by atoms with van der Waals surface area (Å²) in [6, 6.07) is 2.43. The average Bonchev–Trinajstić information content (AvgIpc) is 3.59. The van der Waals surface area contributed by atoms with Gasteiger partial charge in [0.1, 0.15) is 17.1 Å². The molecule has 0 spiro atoms. The number of alkyl halides is 5. The van der Waals surface area contributed by atoms with Crippen molar-refractivity contribution in [3.8, 4) is 5.75 Å². The van der Waals surface area contributed by atoms with Crippen LogP contribution in [0.25, 0.3) is 5.65 Å². The van der Waals surface area contributed by atoms with Crippen molar-refractivity contribution in [2.45, 2.75) is 77.1 Å². The number of piperidine rings is 1. The van der Waals surface area contributed by atoms with Crippen molar-refractivity contribution in [1.29, 1.82) is 0 Å². The number of nitrogens with one attached hydrogen (secondary N) is 2. The molecular weight excluding hydrogens is 577 g/mol. The third-order valence-electron chi connectivity index (χ3n) is 8.26. The Kier molecular flexibility index (Phi) is 8.61. The number of carbonyl (C=O) groups is 2. The van der Waals surface area contributed by atoms with Crippen molar-refractivity contribution in [3.05, 3.63) is 41.6 Å². The van der Waals surface area contributed by atoms with Crippen LogP contribution in [0.1, 0.15) is 73.9 Å². The molecule has 0 radical (unpaired) electrons. The summed E-state index contributed by atoms with van der Waals surface area (Å²) in [6.07, 6.45) is -2.12. The highest BCUT2D eigenvalue weighted by Gasteiger charge is 2.45. The fourth-order valence-electron chi connectivity index (χ4n) is 5.92. The number of hydrogen-bond donors (Lipinski definition) is 2. The van der Waals surface area contributed by atoms with E-state index in [0.717, 1.165) is 0 Å². The zero-order valence-electron chi connectivity index (χ0n) is 23.8. The van der Waals surface area contributed by atoms with Crippen molar-refractivity contribution >= 4 is 17.5 Å². The summed E-state index contributed by atoms with van der Waals surface area (Å²) in [5.74, 6) is -6.37. The number of fused-ring (bicyclic) bond motifs is 1. The van der Waals surface area contributed by atoms with Crippen molar-refractivity contribution in [2.24, 2.45) is 17.8 Å². The maximum Gasteiger partial charge on any atom is 0.393 e. The van der Waals surface area contributed by atoms with E-state index in [9.17, 15) is 31.5 Å². The first kappa shape index (κ1) is 30.7. The van der Waals surface area contributed by atoms with E-state index in [-0.39, 0.29) is 62.5 Å². The number of aromatic nitrogens is 5.